The second-order valence-corrected chi connectivity index (χ2v) is 6.50. The Bertz CT molecular complexity index is 684. The van der Waals surface area contributed by atoms with Gasteiger partial charge in [0.05, 0.1) is 15.6 Å². The quantitative estimate of drug-likeness (QED) is 0.809. The molecule has 104 valence electrons. The monoisotopic (exact) mass is 326 g/mol. The van der Waals surface area contributed by atoms with Crippen LogP contribution in [-0.4, -0.2) is 17.4 Å². The highest BCUT2D eigenvalue weighted by Crippen LogP contribution is 2.31. The maximum Gasteiger partial charge on any atom is 0.255 e. The van der Waals surface area contributed by atoms with Gasteiger partial charge in [0, 0.05) is 23.7 Å². The molecule has 6 heteroatoms. The molecule has 1 amide bonds. The molecule has 3 rings (SSSR count). The van der Waals surface area contributed by atoms with E-state index < -0.39 is 0 Å². The molecule has 0 fully saturated rings. The van der Waals surface area contributed by atoms with Crippen molar-refractivity contribution in [3.8, 4) is 0 Å². The third kappa shape index (κ3) is 2.39. The summed E-state index contributed by atoms with van der Waals surface area (Å²) in [5.41, 5.74) is 7.76. The lowest BCUT2D eigenvalue weighted by Crippen LogP contribution is -2.35. The SMILES string of the molecule is Nc1cc(Cl)c(Cl)c(C(=O)N2CCc3sccc3C2)c1. The van der Waals surface area contributed by atoms with Crippen LogP contribution < -0.4 is 5.73 Å². The van der Waals surface area contributed by atoms with Crippen LogP contribution in [0.15, 0.2) is 23.6 Å². The number of amides is 1. The first-order valence-electron chi connectivity index (χ1n) is 6.15. The maximum absolute atomic E-state index is 12.6. The van der Waals surface area contributed by atoms with Gasteiger partial charge in [-0.05, 0) is 35.6 Å². The molecule has 2 heterocycles. The van der Waals surface area contributed by atoms with E-state index in [1.165, 1.54) is 10.4 Å². The van der Waals surface area contributed by atoms with Crippen LogP contribution in [-0.2, 0) is 13.0 Å². The Morgan fingerprint density at radius 1 is 1.35 bits per heavy atom. The fourth-order valence-corrected chi connectivity index (χ4v) is 3.67. The zero-order valence-electron chi connectivity index (χ0n) is 10.5. The highest BCUT2D eigenvalue weighted by atomic mass is 35.5. The number of fused-ring (bicyclic) bond motifs is 1. The number of thiophene rings is 1. The normalized spacial score (nSPS) is 14.2. The number of benzene rings is 1. The molecule has 0 spiro atoms. The molecule has 2 aromatic rings. The second kappa shape index (κ2) is 5.28. The van der Waals surface area contributed by atoms with Gasteiger partial charge < -0.3 is 10.6 Å². The van der Waals surface area contributed by atoms with Crippen LogP contribution in [0.25, 0.3) is 0 Å². The number of carbonyl (C=O) groups is 1. The largest absolute Gasteiger partial charge is 0.399 e. The molecule has 1 aliphatic rings. The summed E-state index contributed by atoms with van der Waals surface area (Å²) in [5.74, 6) is -0.124. The van der Waals surface area contributed by atoms with Crippen LogP contribution in [0.4, 0.5) is 5.69 Å². The lowest BCUT2D eigenvalue weighted by molar-refractivity contribution is 0.0736. The summed E-state index contributed by atoms with van der Waals surface area (Å²) in [5, 5.41) is 2.63. The molecular weight excluding hydrogens is 315 g/mol. The van der Waals surface area contributed by atoms with E-state index in [2.05, 4.69) is 11.4 Å². The molecule has 0 unspecified atom stereocenters. The molecule has 0 atom stereocenters. The summed E-state index contributed by atoms with van der Waals surface area (Å²) in [7, 11) is 0. The van der Waals surface area contributed by atoms with Gasteiger partial charge in [-0.1, -0.05) is 23.2 Å². The van der Waals surface area contributed by atoms with Crippen molar-refractivity contribution in [2.75, 3.05) is 12.3 Å². The van der Waals surface area contributed by atoms with Crippen molar-refractivity contribution in [3.63, 3.8) is 0 Å². The summed E-state index contributed by atoms with van der Waals surface area (Å²) in [6.07, 6.45) is 0.881. The topological polar surface area (TPSA) is 46.3 Å². The molecule has 0 aliphatic carbocycles. The van der Waals surface area contributed by atoms with Crippen molar-refractivity contribution in [1.29, 1.82) is 0 Å². The van der Waals surface area contributed by atoms with E-state index in [9.17, 15) is 4.79 Å². The number of nitrogens with zero attached hydrogens (tertiary/aromatic N) is 1. The Labute approximate surface area is 130 Å². The van der Waals surface area contributed by atoms with E-state index in [1.54, 1.807) is 28.4 Å². The molecule has 0 saturated heterocycles. The van der Waals surface area contributed by atoms with Crippen molar-refractivity contribution < 1.29 is 4.79 Å². The summed E-state index contributed by atoms with van der Waals surface area (Å²) in [6.45, 7) is 1.30. The van der Waals surface area contributed by atoms with Gasteiger partial charge in [0.2, 0.25) is 0 Å². The lowest BCUT2D eigenvalue weighted by atomic mass is 10.1. The number of nitrogen functional groups attached to an aromatic ring is 1. The number of anilines is 1. The van der Waals surface area contributed by atoms with Crippen molar-refractivity contribution in [3.05, 3.63) is 49.6 Å². The first-order valence-corrected chi connectivity index (χ1v) is 7.79. The average molecular weight is 327 g/mol. The number of nitrogens with two attached hydrogens (primary N) is 1. The predicted octanol–water partition coefficient (Wildman–Crippen LogP) is 3.84. The van der Waals surface area contributed by atoms with Crippen LogP contribution in [0.5, 0.6) is 0 Å². The van der Waals surface area contributed by atoms with Crippen molar-refractivity contribution in [1.82, 2.24) is 4.90 Å². The van der Waals surface area contributed by atoms with E-state index in [0.29, 0.717) is 29.4 Å². The molecule has 1 aromatic heterocycles. The predicted molar refractivity (Wildman–Crippen MR) is 83.6 cm³/mol. The molecule has 2 N–H and O–H groups in total. The van der Waals surface area contributed by atoms with Gasteiger partial charge in [0.15, 0.2) is 0 Å². The number of halogens is 2. The molecule has 20 heavy (non-hydrogen) atoms. The summed E-state index contributed by atoms with van der Waals surface area (Å²) in [4.78, 5) is 15.7. The minimum atomic E-state index is -0.124. The third-order valence-corrected chi connectivity index (χ3v) is 5.20. The van der Waals surface area contributed by atoms with Crippen LogP contribution in [0.2, 0.25) is 10.0 Å². The minimum absolute atomic E-state index is 0.124. The highest BCUT2D eigenvalue weighted by Gasteiger charge is 2.24. The van der Waals surface area contributed by atoms with E-state index in [-0.39, 0.29) is 10.9 Å². The number of hydrogen-bond acceptors (Lipinski definition) is 3. The zero-order valence-corrected chi connectivity index (χ0v) is 12.9. The van der Waals surface area contributed by atoms with Gasteiger partial charge in [0.1, 0.15) is 0 Å². The first-order chi connectivity index (χ1) is 9.56. The fraction of sp³-hybridized carbons (Fsp3) is 0.214. The average Bonchev–Trinajstić information content (AvgIpc) is 2.89. The highest BCUT2D eigenvalue weighted by molar-refractivity contribution is 7.10. The Kier molecular flexibility index (Phi) is 3.63. The van der Waals surface area contributed by atoms with Gasteiger partial charge in [-0.15, -0.1) is 11.3 Å². The smallest absolute Gasteiger partial charge is 0.255 e. The van der Waals surface area contributed by atoms with E-state index in [1.807, 2.05) is 0 Å². The molecular formula is C14H12Cl2N2OS. The third-order valence-electron chi connectivity index (χ3n) is 3.38. The van der Waals surface area contributed by atoms with Gasteiger partial charge in [0.25, 0.3) is 5.91 Å². The zero-order chi connectivity index (χ0) is 14.3. The first kappa shape index (κ1) is 13.7. The summed E-state index contributed by atoms with van der Waals surface area (Å²) in [6, 6.07) is 5.20. The van der Waals surface area contributed by atoms with Gasteiger partial charge in [-0.2, -0.15) is 0 Å². The Morgan fingerprint density at radius 3 is 2.95 bits per heavy atom. The van der Waals surface area contributed by atoms with Crippen molar-refractivity contribution >= 4 is 46.1 Å². The molecule has 0 radical (unpaired) electrons. The summed E-state index contributed by atoms with van der Waals surface area (Å²) < 4.78 is 0. The minimum Gasteiger partial charge on any atom is -0.399 e. The standard InChI is InChI=1S/C14H12Cl2N2OS/c15-11-6-9(17)5-10(13(11)16)14(19)18-3-1-12-8(7-18)2-4-20-12/h2,4-6H,1,3,7,17H2. The number of rotatable bonds is 1. The van der Waals surface area contributed by atoms with Crippen LogP contribution in [0.3, 0.4) is 0 Å². The van der Waals surface area contributed by atoms with Crippen LogP contribution in [0, 0.1) is 0 Å². The van der Waals surface area contributed by atoms with E-state index >= 15 is 0 Å². The van der Waals surface area contributed by atoms with Crippen molar-refractivity contribution in [2.24, 2.45) is 0 Å². The van der Waals surface area contributed by atoms with Gasteiger partial charge in [-0.3, -0.25) is 4.79 Å². The van der Waals surface area contributed by atoms with Crippen LogP contribution >= 0.6 is 34.5 Å². The fourth-order valence-electron chi connectivity index (χ4n) is 2.36. The summed E-state index contributed by atoms with van der Waals surface area (Å²) >= 11 is 13.8. The molecule has 1 aromatic carbocycles. The van der Waals surface area contributed by atoms with E-state index in [0.717, 1.165) is 6.42 Å². The molecule has 0 saturated carbocycles. The Morgan fingerprint density at radius 2 is 2.15 bits per heavy atom. The van der Waals surface area contributed by atoms with Crippen molar-refractivity contribution in [2.45, 2.75) is 13.0 Å². The van der Waals surface area contributed by atoms with E-state index in [4.69, 9.17) is 28.9 Å². The molecule has 0 bridgehead atoms. The Hall–Kier alpha value is -1.23. The van der Waals surface area contributed by atoms with Crippen LogP contribution in [0.1, 0.15) is 20.8 Å². The number of hydrogen-bond donors (Lipinski definition) is 1. The Balaban J connectivity index is 1.91. The maximum atomic E-state index is 12.6. The van der Waals surface area contributed by atoms with Gasteiger partial charge in [-0.25, -0.2) is 0 Å². The molecule has 3 nitrogen and oxygen atoms in total. The lowest BCUT2D eigenvalue weighted by Gasteiger charge is -2.27. The molecule has 1 aliphatic heterocycles. The number of carbonyl (C=O) groups excluding carboxylic acids is 1. The second-order valence-electron chi connectivity index (χ2n) is 4.71. The van der Waals surface area contributed by atoms with Gasteiger partial charge >= 0.3 is 0 Å².